The maximum Gasteiger partial charge on any atom is 0.240 e. The summed E-state index contributed by atoms with van der Waals surface area (Å²) in [5.74, 6) is 1.03. The Morgan fingerprint density at radius 2 is 2.46 bits per heavy atom. The number of aromatic nitrogens is 3. The van der Waals surface area contributed by atoms with Gasteiger partial charge in [0.25, 0.3) is 0 Å². The Morgan fingerprint density at radius 3 is 3.00 bits per heavy atom. The molecule has 13 heavy (non-hydrogen) atoms. The molecular formula is C8H10N4O. The molecule has 0 saturated heterocycles. The van der Waals surface area contributed by atoms with Gasteiger partial charge in [-0.25, -0.2) is 0 Å². The molecule has 0 aliphatic heterocycles. The van der Waals surface area contributed by atoms with Crippen LogP contribution in [0.2, 0.25) is 0 Å². The van der Waals surface area contributed by atoms with E-state index in [-0.39, 0.29) is 6.54 Å². The quantitative estimate of drug-likeness (QED) is 0.728. The normalized spacial score (nSPS) is 10.6. The maximum absolute atomic E-state index is 5.35. The van der Waals surface area contributed by atoms with Gasteiger partial charge < -0.3 is 14.8 Å². The monoisotopic (exact) mass is 178 g/mol. The zero-order chi connectivity index (χ0) is 9.26. The van der Waals surface area contributed by atoms with Crippen molar-refractivity contribution in [1.82, 2.24) is 14.7 Å². The van der Waals surface area contributed by atoms with Gasteiger partial charge in [0.05, 0.1) is 12.2 Å². The minimum absolute atomic E-state index is 0.275. The van der Waals surface area contributed by atoms with E-state index in [1.54, 1.807) is 0 Å². The minimum atomic E-state index is 0.275. The molecule has 0 aromatic carbocycles. The van der Waals surface area contributed by atoms with Crippen LogP contribution in [0.25, 0.3) is 11.5 Å². The van der Waals surface area contributed by atoms with Crippen molar-refractivity contribution in [2.24, 2.45) is 12.8 Å². The van der Waals surface area contributed by atoms with Crippen LogP contribution in [0.3, 0.4) is 0 Å². The summed E-state index contributed by atoms with van der Waals surface area (Å²) in [4.78, 5) is 4.11. The van der Waals surface area contributed by atoms with Gasteiger partial charge >= 0.3 is 0 Å². The van der Waals surface area contributed by atoms with E-state index < -0.39 is 0 Å². The SMILES string of the molecule is Cn1cccc1-c1noc(CN)n1. The third kappa shape index (κ3) is 1.33. The van der Waals surface area contributed by atoms with Crippen molar-refractivity contribution in [3.8, 4) is 11.5 Å². The first-order valence-electron chi connectivity index (χ1n) is 3.95. The summed E-state index contributed by atoms with van der Waals surface area (Å²) in [6.07, 6.45) is 1.92. The third-order valence-electron chi connectivity index (χ3n) is 1.82. The predicted molar refractivity (Wildman–Crippen MR) is 46.6 cm³/mol. The molecule has 0 fully saturated rings. The average molecular weight is 178 g/mol. The van der Waals surface area contributed by atoms with Crippen LogP contribution in [0.4, 0.5) is 0 Å². The van der Waals surface area contributed by atoms with Crippen molar-refractivity contribution in [3.63, 3.8) is 0 Å². The maximum atomic E-state index is 5.35. The van der Waals surface area contributed by atoms with Gasteiger partial charge in [-0.2, -0.15) is 4.98 Å². The van der Waals surface area contributed by atoms with Crippen molar-refractivity contribution < 1.29 is 4.52 Å². The number of aryl methyl sites for hydroxylation is 1. The first-order chi connectivity index (χ1) is 6.31. The molecule has 0 radical (unpaired) electrons. The van der Waals surface area contributed by atoms with E-state index >= 15 is 0 Å². The van der Waals surface area contributed by atoms with Crippen molar-refractivity contribution in [2.75, 3.05) is 0 Å². The van der Waals surface area contributed by atoms with E-state index in [1.165, 1.54) is 0 Å². The average Bonchev–Trinajstić information content (AvgIpc) is 2.71. The van der Waals surface area contributed by atoms with Gasteiger partial charge in [-0.05, 0) is 12.1 Å². The molecule has 0 unspecified atom stereocenters. The Balaban J connectivity index is 2.41. The molecule has 0 saturated carbocycles. The Bertz CT molecular complexity index is 404. The largest absolute Gasteiger partial charge is 0.348 e. The van der Waals surface area contributed by atoms with E-state index in [9.17, 15) is 0 Å². The highest BCUT2D eigenvalue weighted by molar-refractivity contribution is 5.49. The van der Waals surface area contributed by atoms with E-state index in [4.69, 9.17) is 10.3 Å². The molecule has 2 N–H and O–H groups in total. The van der Waals surface area contributed by atoms with Crippen molar-refractivity contribution in [1.29, 1.82) is 0 Å². The van der Waals surface area contributed by atoms with Crippen molar-refractivity contribution >= 4 is 0 Å². The first-order valence-corrected chi connectivity index (χ1v) is 3.95. The Kier molecular flexibility index (Phi) is 1.86. The molecule has 2 aromatic rings. The lowest BCUT2D eigenvalue weighted by molar-refractivity contribution is 0.380. The number of hydrogen-bond acceptors (Lipinski definition) is 4. The highest BCUT2D eigenvalue weighted by atomic mass is 16.5. The number of hydrogen-bond donors (Lipinski definition) is 1. The lowest BCUT2D eigenvalue weighted by Gasteiger charge is -1.94. The second-order valence-electron chi connectivity index (χ2n) is 2.72. The van der Waals surface area contributed by atoms with Crippen LogP contribution in [-0.4, -0.2) is 14.7 Å². The highest BCUT2D eigenvalue weighted by Gasteiger charge is 2.08. The van der Waals surface area contributed by atoms with Crippen molar-refractivity contribution in [2.45, 2.75) is 6.54 Å². The molecule has 2 heterocycles. The summed E-state index contributed by atoms with van der Waals surface area (Å²) < 4.78 is 6.81. The molecule has 5 heteroatoms. The molecule has 0 amide bonds. The topological polar surface area (TPSA) is 69.9 Å². The fourth-order valence-electron chi connectivity index (χ4n) is 1.14. The molecule has 2 rings (SSSR count). The van der Waals surface area contributed by atoms with Gasteiger partial charge in [0.15, 0.2) is 0 Å². The van der Waals surface area contributed by atoms with Crippen LogP contribution in [0.15, 0.2) is 22.9 Å². The van der Waals surface area contributed by atoms with Crippen LogP contribution < -0.4 is 5.73 Å². The van der Waals surface area contributed by atoms with E-state index in [2.05, 4.69) is 10.1 Å². The zero-order valence-corrected chi connectivity index (χ0v) is 7.27. The van der Waals surface area contributed by atoms with Gasteiger partial charge in [-0.1, -0.05) is 5.16 Å². The van der Waals surface area contributed by atoms with E-state index in [0.717, 1.165) is 5.69 Å². The zero-order valence-electron chi connectivity index (χ0n) is 7.27. The number of nitrogens with zero attached hydrogens (tertiary/aromatic N) is 3. The lowest BCUT2D eigenvalue weighted by atomic mass is 10.4. The third-order valence-corrected chi connectivity index (χ3v) is 1.82. The minimum Gasteiger partial charge on any atom is -0.348 e. The molecule has 0 bridgehead atoms. The fraction of sp³-hybridized carbons (Fsp3) is 0.250. The summed E-state index contributed by atoms with van der Waals surface area (Å²) in [7, 11) is 1.92. The Morgan fingerprint density at radius 1 is 1.62 bits per heavy atom. The predicted octanol–water partition coefficient (Wildman–Crippen LogP) is 0.534. The van der Waals surface area contributed by atoms with Crippen LogP contribution in [0.1, 0.15) is 5.89 Å². The molecule has 0 aliphatic rings. The van der Waals surface area contributed by atoms with Gasteiger partial charge in [0, 0.05) is 13.2 Å². The summed E-state index contributed by atoms with van der Waals surface area (Å²) in [5, 5.41) is 3.80. The standard InChI is InChI=1S/C8H10N4O/c1-12-4-2-3-6(12)8-10-7(5-9)13-11-8/h2-4H,5,9H2,1H3. The Hall–Kier alpha value is -1.62. The van der Waals surface area contributed by atoms with E-state index in [0.29, 0.717) is 11.7 Å². The molecule has 68 valence electrons. The summed E-state index contributed by atoms with van der Waals surface area (Å²) in [6, 6.07) is 3.85. The second kappa shape index (κ2) is 3.02. The Labute approximate surface area is 75.2 Å². The summed E-state index contributed by atoms with van der Waals surface area (Å²) in [6.45, 7) is 0.275. The molecular weight excluding hydrogens is 168 g/mol. The second-order valence-corrected chi connectivity index (χ2v) is 2.72. The smallest absolute Gasteiger partial charge is 0.240 e. The molecule has 0 spiro atoms. The van der Waals surface area contributed by atoms with Crippen LogP contribution in [-0.2, 0) is 13.6 Å². The van der Waals surface area contributed by atoms with Crippen molar-refractivity contribution in [3.05, 3.63) is 24.2 Å². The molecule has 0 atom stereocenters. The number of nitrogens with two attached hydrogens (primary N) is 1. The lowest BCUT2D eigenvalue weighted by Crippen LogP contribution is -1.96. The van der Waals surface area contributed by atoms with E-state index in [1.807, 2.05) is 29.9 Å². The van der Waals surface area contributed by atoms with Crippen LogP contribution in [0.5, 0.6) is 0 Å². The van der Waals surface area contributed by atoms with Crippen LogP contribution in [0, 0.1) is 0 Å². The molecule has 2 aromatic heterocycles. The molecule has 5 nitrogen and oxygen atoms in total. The molecule has 0 aliphatic carbocycles. The highest BCUT2D eigenvalue weighted by Crippen LogP contribution is 2.14. The summed E-state index contributed by atoms with van der Waals surface area (Å²) in [5.41, 5.74) is 6.27. The fourth-order valence-corrected chi connectivity index (χ4v) is 1.14. The first kappa shape index (κ1) is 8.00. The van der Waals surface area contributed by atoms with Gasteiger partial charge in [0.2, 0.25) is 11.7 Å². The number of rotatable bonds is 2. The van der Waals surface area contributed by atoms with Gasteiger partial charge in [-0.15, -0.1) is 0 Å². The van der Waals surface area contributed by atoms with Gasteiger partial charge in [0.1, 0.15) is 0 Å². The summed E-state index contributed by atoms with van der Waals surface area (Å²) >= 11 is 0. The van der Waals surface area contributed by atoms with Gasteiger partial charge in [-0.3, -0.25) is 0 Å². The van der Waals surface area contributed by atoms with Crippen LogP contribution >= 0.6 is 0 Å².